The van der Waals surface area contributed by atoms with Crippen molar-refractivity contribution in [3.8, 4) is 5.75 Å². The molecule has 0 radical (unpaired) electrons. The Labute approximate surface area is 178 Å². The third-order valence-electron chi connectivity index (χ3n) is 4.07. The Morgan fingerprint density at radius 1 is 1.17 bits per heavy atom. The number of aromatic nitrogens is 4. The molecule has 0 fully saturated rings. The Morgan fingerprint density at radius 3 is 2.33 bits per heavy atom. The second-order valence-corrected chi connectivity index (χ2v) is 17.1. The fourth-order valence-corrected chi connectivity index (χ4v) is 4.88. The highest BCUT2D eigenvalue weighted by molar-refractivity contribution is 7.86. The van der Waals surface area contributed by atoms with E-state index in [2.05, 4.69) is 34.9 Å². The average Bonchev–Trinajstić information content (AvgIpc) is 3.03. The summed E-state index contributed by atoms with van der Waals surface area (Å²) in [5.41, 5.74) is 1.20. The van der Waals surface area contributed by atoms with Crippen molar-refractivity contribution in [2.45, 2.75) is 63.4 Å². The Kier molecular flexibility index (Phi) is 7.49. The molecule has 2 aromatic heterocycles. The van der Waals surface area contributed by atoms with Crippen molar-refractivity contribution < 1.29 is 22.1 Å². The first-order chi connectivity index (χ1) is 13.6. The maximum atomic E-state index is 12.8. The van der Waals surface area contributed by atoms with Crippen LogP contribution in [0, 0.1) is 0 Å². The molecule has 0 aliphatic heterocycles. The molecule has 2 rings (SSSR count). The van der Waals surface area contributed by atoms with E-state index in [1.165, 1.54) is 12.3 Å². The van der Waals surface area contributed by atoms with Crippen molar-refractivity contribution in [3.63, 3.8) is 0 Å². The van der Waals surface area contributed by atoms with Gasteiger partial charge < -0.3 is 4.74 Å². The van der Waals surface area contributed by atoms with Gasteiger partial charge in [0.1, 0.15) is 5.75 Å². The van der Waals surface area contributed by atoms with Crippen LogP contribution in [0.3, 0.4) is 0 Å². The summed E-state index contributed by atoms with van der Waals surface area (Å²) in [6.07, 6.45) is -0.522. The van der Waals surface area contributed by atoms with Crippen molar-refractivity contribution in [3.05, 3.63) is 35.9 Å². The SMILES string of the molecule is CC(C)(C)[S@@](=O)C[C@@H](c1ccc(OCC(F)(F)F)cn1)c1cn(C[Si](C)(C)C)nn1. The van der Waals surface area contributed by atoms with Crippen molar-refractivity contribution in [2.24, 2.45) is 0 Å². The smallest absolute Gasteiger partial charge is 0.422 e. The first-order valence-electron chi connectivity index (χ1n) is 9.58. The number of pyridine rings is 1. The largest absolute Gasteiger partial charge is 0.483 e. The van der Waals surface area contributed by atoms with Crippen LogP contribution in [0.25, 0.3) is 0 Å². The van der Waals surface area contributed by atoms with Crippen molar-refractivity contribution >= 4 is 18.9 Å². The molecule has 0 spiro atoms. The van der Waals surface area contributed by atoms with Crippen LogP contribution in [0.1, 0.15) is 38.1 Å². The number of halogens is 3. The lowest BCUT2D eigenvalue weighted by Gasteiger charge is -2.22. The van der Waals surface area contributed by atoms with Gasteiger partial charge in [-0.1, -0.05) is 24.9 Å². The molecule has 0 bridgehead atoms. The molecule has 11 heteroatoms. The Hall–Kier alpha value is -1.75. The molecule has 0 aliphatic rings. The zero-order chi connectivity index (χ0) is 22.7. The molecule has 0 aliphatic carbocycles. The van der Waals surface area contributed by atoms with Gasteiger partial charge in [-0.3, -0.25) is 13.9 Å². The predicted molar refractivity (Wildman–Crippen MR) is 114 cm³/mol. The molecular formula is C19H29F3N4O2SSi. The Balaban J connectivity index is 2.29. The lowest BCUT2D eigenvalue weighted by Crippen LogP contribution is -2.28. The highest BCUT2D eigenvalue weighted by Crippen LogP contribution is 2.27. The monoisotopic (exact) mass is 462 g/mol. The number of ether oxygens (including phenoxy) is 1. The van der Waals surface area contributed by atoms with Crippen molar-refractivity contribution in [1.29, 1.82) is 0 Å². The van der Waals surface area contributed by atoms with E-state index in [1.807, 2.05) is 27.0 Å². The summed E-state index contributed by atoms with van der Waals surface area (Å²) in [6.45, 7) is 11.0. The van der Waals surface area contributed by atoms with E-state index in [0.717, 1.165) is 6.17 Å². The van der Waals surface area contributed by atoms with Crippen LogP contribution >= 0.6 is 0 Å². The van der Waals surface area contributed by atoms with Gasteiger partial charge in [0.25, 0.3) is 0 Å². The van der Waals surface area contributed by atoms with Gasteiger partial charge in [0.2, 0.25) is 0 Å². The quantitative estimate of drug-likeness (QED) is 0.551. The van der Waals surface area contributed by atoms with Gasteiger partial charge >= 0.3 is 6.18 Å². The molecule has 0 saturated carbocycles. The molecule has 0 saturated heterocycles. The Morgan fingerprint density at radius 2 is 1.83 bits per heavy atom. The third kappa shape index (κ3) is 7.82. The van der Waals surface area contributed by atoms with Crippen molar-refractivity contribution in [2.75, 3.05) is 12.4 Å². The first-order valence-corrected chi connectivity index (χ1v) is 14.6. The minimum absolute atomic E-state index is 0.0224. The van der Waals surface area contributed by atoms with E-state index in [9.17, 15) is 17.4 Å². The zero-order valence-corrected chi connectivity index (χ0v) is 20.0. The maximum absolute atomic E-state index is 12.8. The summed E-state index contributed by atoms with van der Waals surface area (Å²) in [7, 11) is -2.60. The molecule has 2 atom stereocenters. The van der Waals surface area contributed by atoms with Gasteiger partial charge in [-0.05, 0) is 32.9 Å². The van der Waals surface area contributed by atoms with Crippen molar-refractivity contribution in [1.82, 2.24) is 20.0 Å². The molecule has 30 heavy (non-hydrogen) atoms. The van der Waals surface area contributed by atoms with Gasteiger partial charge in [0, 0.05) is 33.7 Å². The van der Waals surface area contributed by atoms with E-state index in [0.29, 0.717) is 11.4 Å². The first kappa shape index (κ1) is 24.5. The number of nitrogens with zero attached hydrogens (tertiary/aromatic N) is 4. The van der Waals surface area contributed by atoms with Crippen LogP contribution in [-0.4, -0.2) is 55.5 Å². The van der Waals surface area contributed by atoms with E-state index in [-0.39, 0.29) is 11.5 Å². The standard InChI is InChI=1S/C19H29F3N4O2SSi/c1-18(2,3)29(27)11-15(17-10-26(25-24-17)13-30(4,5)6)16-8-7-14(9-23-16)28-12-19(20,21)22/h7-10,15H,11-13H2,1-6H3/t15-,29-/m0/s1. The van der Waals surface area contributed by atoms with E-state index in [1.54, 1.807) is 10.7 Å². The molecular weight excluding hydrogens is 433 g/mol. The minimum Gasteiger partial charge on any atom is -0.483 e. The van der Waals surface area contributed by atoms with Gasteiger partial charge in [0.05, 0.1) is 31.6 Å². The molecule has 0 amide bonds. The number of hydrogen-bond acceptors (Lipinski definition) is 5. The molecule has 0 aromatic carbocycles. The van der Waals surface area contributed by atoms with E-state index >= 15 is 0 Å². The van der Waals surface area contributed by atoms with Gasteiger partial charge in [-0.15, -0.1) is 5.10 Å². The number of hydrogen-bond donors (Lipinski definition) is 0. The summed E-state index contributed by atoms with van der Waals surface area (Å²) in [4.78, 5) is 4.28. The van der Waals surface area contributed by atoms with Gasteiger partial charge in [-0.25, -0.2) is 0 Å². The number of alkyl halides is 3. The average molecular weight is 463 g/mol. The lowest BCUT2D eigenvalue weighted by molar-refractivity contribution is -0.153. The summed E-state index contributed by atoms with van der Waals surface area (Å²) in [6, 6.07) is 3.03. The zero-order valence-electron chi connectivity index (χ0n) is 18.2. The fourth-order valence-electron chi connectivity index (χ4n) is 2.61. The molecule has 168 valence electrons. The van der Waals surface area contributed by atoms with Crippen LogP contribution in [0.15, 0.2) is 24.5 Å². The summed E-state index contributed by atoms with van der Waals surface area (Å²) >= 11 is 0. The van der Waals surface area contributed by atoms with Gasteiger partial charge in [-0.2, -0.15) is 13.2 Å². The van der Waals surface area contributed by atoms with Crippen LogP contribution < -0.4 is 4.74 Å². The third-order valence-corrected chi connectivity index (χ3v) is 7.34. The lowest BCUT2D eigenvalue weighted by atomic mass is 10.0. The van der Waals surface area contributed by atoms with Crippen LogP contribution in [0.2, 0.25) is 19.6 Å². The molecule has 2 heterocycles. The minimum atomic E-state index is -4.42. The Bertz CT molecular complexity index is 858. The second kappa shape index (κ2) is 9.17. The highest BCUT2D eigenvalue weighted by Gasteiger charge is 2.30. The summed E-state index contributed by atoms with van der Waals surface area (Å²) in [5, 5.41) is 8.50. The van der Waals surface area contributed by atoms with E-state index < -0.39 is 42.3 Å². The molecule has 0 unspecified atom stereocenters. The van der Waals surface area contributed by atoms with Crippen LogP contribution in [0.5, 0.6) is 5.75 Å². The number of rotatable bonds is 8. The summed E-state index contributed by atoms with van der Waals surface area (Å²) < 4.78 is 56.0. The summed E-state index contributed by atoms with van der Waals surface area (Å²) in [5.74, 6) is -0.0866. The van der Waals surface area contributed by atoms with E-state index in [4.69, 9.17) is 4.74 Å². The molecule has 2 aromatic rings. The predicted octanol–water partition coefficient (Wildman–Crippen LogP) is 4.17. The molecule has 6 nitrogen and oxygen atoms in total. The topological polar surface area (TPSA) is 69.9 Å². The van der Waals surface area contributed by atoms with Gasteiger partial charge in [0.15, 0.2) is 6.61 Å². The highest BCUT2D eigenvalue weighted by atomic mass is 32.2. The molecule has 0 N–H and O–H groups in total. The maximum Gasteiger partial charge on any atom is 0.422 e. The van der Waals surface area contributed by atoms with Crippen LogP contribution in [-0.2, 0) is 17.0 Å². The normalized spacial score (nSPS) is 15.1. The fraction of sp³-hybridized carbons (Fsp3) is 0.632. The second-order valence-electron chi connectivity index (χ2n) is 9.40. The van der Waals surface area contributed by atoms with Crippen LogP contribution in [0.4, 0.5) is 13.2 Å².